The fraction of sp³-hybridized carbons (Fsp3) is 0.303. The minimum Gasteiger partial charge on any atom is -0.296 e. The molecule has 0 fully saturated rings. The molecular formula is C33H35N3O. The topological polar surface area (TPSA) is 58.7 Å². The molecular weight excluding hydrogens is 454 g/mol. The van der Waals surface area contributed by atoms with Gasteiger partial charge in [-0.3, -0.25) is 9.36 Å². The summed E-state index contributed by atoms with van der Waals surface area (Å²) >= 11 is 0. The van der Waals surface area contributed by atoms with Crippen molar-refractivity contribution in [3.05, 3.63) is 123 Å². The zero-order chi connectivity index (χ0) is 26.4. The first-order valence-corrected chi connectivity index (χ1v) is 13.1. The zero-order valence-electron chi connectivity index (χ0n) is 22.3. The van der Waals surface area contributed by atoms with Crippen LogP contribution in [0.1, 0.15) is 67.4 Å². The second-order valence-electron chi connectivity index (χ2n) is 10.4. The van der Waals surface area contributed by atoms with E-state index < -0.39 is 0 Å². The molecule has 0 saturated heterocycles. The predicted molar refractivity (Wildman–Crippen MR) is 151 cm³/mol. The van der Waals surface area contributed by atoms with Gasteiger partial charge in [0.1, 0.15) is 5.82 Å². The van der Waals surface area contributed by atoms with Gasteiger partial charge in [0.05, 0.1) is 17.3 Å². The first-order valence-electron chi connectivity index (χ1n) is 13.1. The Balaban J connectivity index is 1.70. The van der Waals surface area contributed by atoms with Crippen LogP contribution in [-0.2, 0) is 24.8 Å². The van der Waals surface area contributed by atoms with Gasteiger partial charge in [-0.2, -0.15) is 5.26 Å². The van der Waals surface area contributed by atoms with Crippen LogP contribution in [0.5, 0.6) is 0 Å². The third kappa shape index (κ3) is 5.89. The standard InChI is InChI=1S/C33H35N3O/c1-5-6-16-31-30(21-25-17-19-26(20-18-25)29-15-11-10-12-27(29)22-34)32(37)36(24(2)35-31)23-33(3,4)28-13-8-7-9-14-28/h7-15,17-20H,5-6,16,21,23H2,1-4H3. The van der Waals surface area contributed by atoms with Crippen LogP contribution in [0, 0.1) is 18.3 Å². The van der Waals surface area contributed by atoms with Gasteiger partial charge in [0, 0.05) is 23.9 Å². The smallest absolute Gasteiger partial charge is 0.257 e. The Kier molecular flexibility index (Phi) is 8.04. The summed E-state index contributed by atoms with van der Waals surface area (Å²) < 4.78 is 1.86. The lowest BCUT2D eigenvalue weighted by atomic mass is 9.84. The number of rotatable bonds is 9. The molecule has 4 heteroatoms. The molecule has 0 N–H and O–H groups in total. The van der Waals surface area contributed by atoms with Crippen LogP contribution >= 0.6 is 0 Å². The predicted octanol–water partition coefficient (Wildman–Crippen LogP) is 7.00. The average molecular weight is 490 g/mol. The maximum absolute atomic E-state index is 13.9. The molecule has 0 aliphatic carbocycles. The van der Waals surface area contributed by atoms with E-state index in [1.54, 1.807) is 0 Å². The highest BCUT2D eigenvalue weighted by Gasteiger charge is 2.24. The highest BCUT2D eigenvalue weighted by atomic mass is 16.1. The number of benzene rings is 3. The molecule has 4 nitrogen and oxygen atoms in total. The van der Waals surface area contributed by atoms with Crippen LogP contribution in [0.15, 0.2) is 83.7 Å². The quantitative estimate of drug-likeness (QED) is 0.254. The van der Waals surface area contributed by atoms with Crippen molar-refractivity contribution in [3.8, 4) is 17.2 Å². The first-order chi connectivity index (χ1) is 17.8. The molecule has 0 amide bonds. The van der Waals surface area contributed by atoms with Crippen molar-refractivity contribution >= 4 is 0 Å². The van der Waals surface area contributed by atoms with E-state index in [2.05, 4.69) is 51.1 Å². The Labute approximate surface area is 220 Å². The number of hydrogen-bond acceptors (Lipinski definition) is 3. The molecule has 4 rings (SSSR count). The molecule has 188 valence electrons. The van der Waals surface area contributed by atoms with Crippen LogP contribution in [0.2, 0.25) is 0 Å². The van der Waals surface area contributed by atoms with E-state index in [1.165, 1.54) is 5.56 Å². The molecule has 0 spiro atoms. The minimum absolute atomic E-state index is 0.0570. The lowest BCUT2D eigenvalue weighted by Gasteiger charge is -2.28. The largest absolute Gasteiger partial charge is 0.296 e. The molecule has 0 unspecified atom stereocenters. The maximum atomic E-state index is 13.9. The lowest BCUT2D eigenvalue weighted by Crippen LogP contribution is -2.36. The van der Waals surface area contributed by atoms with E-state index in [0.29, 0.717) is 18.5 Å². The molecule has 4 aromatic rings. The Hall–Kier alpha value is -3.97. The SMILES string of the molecule is CCCCc1nc(C)n(CC(C)(C)c2ccccc2)c(=O)c1Cc1ccc(-c2ccccc2C#N)cc1. The van der Waals surface area contributed by atoms with E-state index in [0.717, 1.165) is 53.0 Å². The summed E-state index contributed by atoms with van der Waals surface area (Å²) in [5.41, 5.74) is 6.38. The Morgan fingerprint density at radius 1 is 0.946 bits per heavy atom. The molecule has 3 aromatic carbocycles. The summed E-state index contributed by atoms with van der Waals surface area (Å²) in [5.74, 6) is 0.771. The van der Waals surface area contributed by atoms with Crippen LogP contribution in [0.4, 0.5) is 0 Å². The van der Waals surface area contributed by atoms with Crippen LogP contribution in [-0.4, -0.2) is 9.55 Å². The van der Waals surface area contributed by atoms with Crippen molar-refractivity contribution in [2.24, 2.45) is 0 Å². The van der Waals surface area contributed by atoms with Gasteiger partial charge in [-0.05, 0) is 48.1 Å². The van der Waals surface area contributed by atoms with E-state index in [4.69, 9.17) is 4.98 Å². The molecule has 0 aliphatic rings. The monoisotopic (exact) mass is 489 g/mol. The van der Waals surface area contributed by atoms with Gasteiger partial charge in [-0.25, -0.2) is 4.98 Å². The van der Waals surface area contributed by atoms with Crippen LogP contribution in [0.3, 0.4) is 0 Å². The van der Waals surface area contributed by atoms with Crippen molar-refractivity contribution in [2.75, 3.05) is 0 Å². The van der Waals surface area contributed by atoms with Crippen molar-refractivity contribution < 1.29 is 0 Å². The molecule has 0 radical (unpaired) electrons. The maximum Gasteiger partial charge on any atom is 0.257 e. The second kappa shape index (κ2) is 11.4. The van der Waals surface area contributed by atoms with E-state index >= 15 is 0 Å². The Morgan fingerprint density at radius 3 is 2.30 bits per heavy atom. The average Bonchev–Trinajstić information content (AvgIpc) is 2.92. The first kappa shape index (κ1) is 26.1. The highest BCUT2D eigenvalue weighted by Crippen LogP contribution is 2.26. The highest BCUT2D eigenvalue weighted by molar-refractivity contribution is 5.70. The minimum atomic E-state index is -0.213. The van der Waals surface area contributed by atoms with Gasteiger partial charge in [0.15, 0.2) is 0 Å². The molecule has 0 bridgehead atoms. The van der Waals surface area contributed by atoms with Crippen molar-refractivity contribution in [2.45, 2.75) is 65.3 Å². The van der Waals surface area contributed by atoms with Crippen molar-refractivity contribution in [3.63, 3.8) is 0 Å². The Bertz CT molecular complexity index is 1460. The molecule has 37 heavy (non-hydrogen) atoms. The van der Waals surface area contributed by atoms with Crippen molar-refractivity contribution in [1.29, 1.82) is 5.26 Å². The second-order valence-corrected chi connectivity index (χ2v) is 10.4. The van der Waals surface area contributed by atoms with Crippen LogP contribution < -0.4 is 5.56 Å². The normalized spacial score (nSPS) is 11.3. The van der Waals surface area contributed by atoms with Gasteiger partial charge in [0.2, 0.25) is 0 Å². The fourth-order valence-corrected chi connectivity index (χ4v) is 4.89. The summed E-state index contributed by atoms with van der Waals surface area (Å²) in [5, 5.41) is 9.47. The number of hydrogen-bond donors (Lipinski definition) is 0. The summed E-state index contributed by atoms with van der Waals surface area (Å²) in [6, 6.07) is 28.4. The molecule has 1 aromatic heterocycles. The zero-order valence-corrected chi connectivity index (χ0v) is 22.3. The Morgan fingerprint density at radius 2 is 1.62 bits per heavy atom. The van der Waals surface area contributed by atoms with Crippen molar-refractivity contribution in [1.82, 2.24) is 9.55 Å². The lowest BCUT2D eigenvalue weighted by molar-refractivity contribution is 0.414. The van der Waals surface area contributed by atoms with Gasteiger partial charge in [0.25, 0.3) is 5.56 Å². The van der Waals surface area contributed by atoms with E-state index in [9.17, 15) is 10.1 Å². The van der Waals surface area contributed by atoms with Gasteiger partial charge < -0.3 is 0 Å². The number of aryl methyl sites for hydroxylation is 2. The van der Waals surface area contributed by atoms with Crippen LogP contribution in [0.25, 0.3) is 11.1 Å². The number of aromatic nitrogens is 2. The number of nitrogens with zero attached hydrogens (tertiary/aromatic N) is 3. The summed E-state index contributed by atoms with van der Waals surface area (Å²) in [6.45, 7) is 9.03. The third-order valence-electron chi connectivity index (χ3n) is 7.11. The molecule has 0 saturated carbocycles. The summed E-state index contributed by atoms with van der Waals surface area (Å²) in [4.78, 5) is 18.9. The fourth-order valence-electron chi connectivity index (χ4n) is 4.89. The van der Waals surface area contributed by atoms with E-state index in [1.807, 2.05) is 66.1 Å². The van der Waals surface area contributed by atoms with Gasteiger partial charge in [-0.15, -0.1) is 0 Å². The van der Waals surface area contributed by atoms with Gasteiger partial charge >= 0.3 is 0 Å². The van der Waals surface area contributed by atoms with E-state index in [-0.39, 0.29) is 11.0 Å². The van der Waals surface area contributed by atoms with Gasteiger partial charge in [-0.1, -0.05) is 100.0 Å². The number of nitriles is 1. The summed E-state index contributed by atoms with van der Waals surface area (Å²) in [6.07, 6.45) is 3.40. The number of unbranched alkanes of at least 4 members (excludes halogenated alkanes) is 1. The summed E-state index contributed by atoms with van der Waals surface area (Å²) in [7, 11) is 0. The molecule has 0 aliphatic heterocycles. The third-order valence-corrected chi connectivity index (χ3v) is 7.11. The molecule has 1 heterocycles. The molecule has 0 atom stereocenters.